The van der Waals surface area contributed by atoms with Crippen LogP contribution in [0.2, 0.25) is 10.0 Å². The second-order valence-electron chi connectivity index (χ2n) is 4.00. The molecule has 2 atom stereocenters. The van der Waals surface area contributed by atoms with Crippen molar-refractivity contribution in [2.75, 3.05) is 0 Å². The topological polar surface area (TPSA) is 40.9 Å². The molecule has 0 saturated heterocycles. The number of benzene rings is 1. The zero-order valence-electron chi connectivity index (χ0n) is 10.1. The van der Waals surface area contributed by atoms with Gasteiger partial charge in [-0.2, -0.15) is 5.26 Å². The maximum absolute atomic E-state index is 12.4. The summed E-state index contributed by atoms with van der Waals surface area (Å²) in [6.45, 7) is 3.95. The van der Waals surface area contributed by atoms with E-state index in [0.29, 0.717) is 15.6 Å². The van der Waals surface area contributed by atoms with Gasteiger partial charge in [-0.3, -0.25) is 4.79 Å². The number of rotatable bonds is 5. The summed E-state index contributed by atoms with van der Waals surface area (Å²) in [4.78, 5) is 12.4. The Labute approximate surface area is 121 Å². The van der Waals surface area contributed by atoms with E-state index in [9.17, 15) is 4.79 Å². The van der Waals surface area contributed by atoms with Crippen molar-refractivity contribution in [3.63, 3.8) is 0 Å². The van der Waals surface area contributed by atoms with Crippen molar-refractivity contribution in [2.24, 2.45) is 5.92 Å². The average Bonchev–Trinajstić information content (AvgIpc) is 2.34. The minimum Gasteiger partial charge on any atom is -0.293 e. The Hall–Kier alpha value is -0.690. The Bertz CT molecular complexity index is 484. The molecule has 5 heteroatoms. The molecule has 0 fully saturated rings. The van der Waals surface area contributed by atoms with E-state index in [-0.39, 0.29) is 11.7 Å². The van der Waals surface area contributed by atoms with Crippen LogP contribution < -0.4 is 0 Å². The highest BCUT2D eigenvalue weighted by molar-refractivity contribution is 8.05. The second kappa shape index (κ2) is 7.04. The lowest BCUT2D eigenvalue weighted by atomic mass is 9.97. The molecule has 0 amide bonds. The first-order valence-electron chi connectivity index (χ1n) is 5.55. The van der Waals surface area contributed by atoms with Gasteiger partial charge in [0, 0.05) is 10.6 Å². The van der Waals surface area contributed by atoms with Gasteiger partial charge in [-0.05, 0) is 35.9 Å². The first-order chi connectivity index (χ1) is 8.51. The summed E-state index contributed by atoms with van der Waals surface area (Å²) in [5, 5.41) is 11.2. The predicted molar refractivity (Wildman–Crippen MR) is 77.2 cm³/mol. The van der Waals surface area contributed by atoms with Crippen LogP contribution in [0.15, 0.2) is 18.2 Å². The SMILES string of the molecule is CCC(C)C(SC#N)C(=O)c1ccc(Cl)cc1Cl. The van der Waals surface area contributed by atoms with Gasteiger partial charge in [-0.1, -0.05) is 43.5 Å². The molecule has 0 bridgehead atoms. The Morgan fingerprint density at radius 3 is 2.67 bits per heavy atom. The smallest absolute Gasteiger partial charge is 0.178 e. The van der Waals surface area contributed by atoms with Gasteiger partial charge in [0.05, 0.1) is 10.3 Å². The number of carbonyl (C=O) groups is 1. The molecule has 96 valence electrons. The number of hydrogen-bond acceptors (Lipinski definition) is 3. The summed E-state index contributed by atoms with van der Waals surface area (Å²) < 4.78 is 0. The van der Waals surface area contributed by atoms with Gasteiger partial charge in [0.1, 0.15) is 5.40 Å². The summed E-state index contributed by atoms with van der Waals surface area (Å²) in [5.41, 5.74) is 0.425. The third-order valence-corrected chi connectivity index (χ3v) is 4.38. The Morgan fingerprint density at radius 2 is 2.17 bits per heavy atom. The molecule has 0 aliphatic heterocycles. The highest BCUT2D eigenvalue weighted by Crippen LogP contribution is 2.29. The number of nitrogens with zero attached hydrogens (tertiary/aromatic N) is 1. The number of nitriles is 1. The monoisotopic (exact) mass is 301 g/mol. The fourth-order valence-corrected chi connectivity index (χ4v) is 2.82. The van der Waals surface area contributed by atoms with Crippen LogP contribution in [0.3, 0.4) is 0 Å². The van der Waals surface area contributed by atoms with Gasteiger partial charge in [0.2, 0.25) is 0 Å². The average molecular weight is 302 g/mol. The first kappa shape index (κ1) is 15.4. The summed E-state index contributed by atoms with van der Waals surface area (Å²) in [5.74, 6) is 0.00598. The molecule has 0 saturated carbocycles. The van der Waals surface area contributed by atoms with E-state index in [1.807, 2.05) is 19.2 Å². The van der Waals surface area contributed by atoms with Crippen LogP contribution >= 0.6 is 35.0 Å². The third kappa shape index (κ3) is 3.65. The van der Waals surface area contributed by atoms with Crippen molar-refractivity contribution in [1.82, 2.24) is 0 Å². The van der Waals surface area contributed by atoms with E-state index in [2.05, 4.69) is 0 Å². The minimum atomic E-state index is -0.390. The van der Waals surface area contributed by atoms with Crippen molar-refractivity contribution in [2.45, 2.75) is 25.5 Å². The van der Waals surface area contributed by atoms with Crippen LogP contribution in [0, 0.1) is 16.6 Å². The number of hydrogen-bond donors (Lipinski definition) is 0. The van der Waals surface area contributed by atoms with Crippen LogP contribution in [0.5, 0.6) is 0 Å². The molecular weight excluding hydrogens is 289 g/mol. The molecule has 0 radical (unpaired) electrons. The van der Waals surface area contributed by atoms with E-state index in [1.54, 1.807) is 18.2 Å². The van der Waals surface area contributed by atoms with Crippen molar-refractivity contribution < 1.29 is 4.79 Å². The summed E-state index contributed by atoms with van der Waals surface area (Å²) in [7, 11) is 0. The molecule has 1 rings (SSSR count). The second-order valence-corrected chi connectivity index (χ2v) is 5.77. The van der Waals surface area contributed by atoms with E-state index >= 15 is 0 Å². The lowest BCUT2D eigenvalue weighted by molar-refractivity contribution is 0.0972. The molecular formula is C13H13Cl2NOS. The predicted octanol–water partition coefficient (Wildman–Crippen LogP) is 4.81. The number of carbonyl (C=O) groups excluding carboxylic acids is 1. The van der Waals surface area contributed by atoms with Crippen molar-refractivity contribution in [3.05, 3.63) is 33.8 Å². The molecule has 0 aromatic heterocycles. The lowest BCUT2D eigenvalue weighted by Gasteiger charge is -2.18. The molecule has 0 spiro atoms. The van der Waals surface area contributed by atoms with E-state index in [0.717, 1.165) is 18.2 Å². The van der Waals surface area contributed by atoms with Crippen molar-refractivity contribution in [3.8, 4) is 5.40 Å². The van der Waals surface area contributed by atoms with Gasteiger partial charge in [0.25, 0.3) is 0 Å². The van der Waals surface area contributed by atoms with Gasteiger partial charge >= 0.3 is 0 Å². The van der Waals surface area contributed by atoms with Gasteiger partial charge in [-0.25, -0.2) is 0 Å². The molecule has 1 aromatic rings. The van der Waals surface area contributed by atoms with Gasteiger partial charge < -0.3 is 0 Å². The zero-order chi connectivity index (χ0) is 13.7. The fourth-order valence-electron chi connectivity index (χ4n) is 1.54. The van der Waals surface area contributed by atoms with Gasteiger partial charge in [-0.15, -0.1) is 0 Å². The van der Waals surface area contributed by atoms with Crippen molar-refractivity contribution >= 4 is 40.7 Å². The van der Waals surface area contributed by atoms with Crippen LogP contribution in [0.4, 0.5) is 0 Å². The van der Waals surface area contributed by atoms with Gasteiger partial charge in [0.15, 0.2) is 5.78 Å². The summed E-state index contributed by atoms with van der Waals surface area (Å²) >= 11 is 12.8. The van der Waals surface area contributed by atoms with Crippen LogP contribution in [0.1, 0.15) is 30.6 Å². The minimum absolute atomic E-state index is 0.113. The number of Topliss-reactive ketones (excluding diaryl/α,β-unsaturated/α-hetero) is 1. The molecule has 2 nitrogen and oxygen atoms in total. The number of thiocyanates is 1. The van der Waals surface area contributed by atoms with Crippen LogP contribution in [-0.2, 0) is 0 Å². The quantitative estimate of drug-likeness (QED) is 0.579. The van der Waals surface area contributed by atoms with Crippen molar-refractivity contribution in [1.29, 1.82) is 5.26 Å². The van der Waals surface area contributed by atoms with E-state index in [4.69, 9.17) is 28.5 Å². The molecule has 18 heavy (non-hydrogen) atoms. The molecule has 0 N–H and O–H groups in total. The van der Waals surface area contributed by atoms with Crippen LogP contribution in [0.25, 0.3) is 0 Å². The highest BCUT2D eigenvalue weighted by atomic mass is 35.5. The third-order valence-electron chi connectivity index (χ3n) is 2.80. The molecule has 0 aliphatic rings. The summed E-state index contributed by atoms with van der Waals surface area (Å²) in [6.07, 6.45) is 0.830. The molecule has 0 heterocycles. The molecule has 2 unspecified atom stereocenters. The molecule has 0 aliphatic carbocycles. The number of thioether (sulfide) groups is 1. The maximum atomic E-state index is 12.4. The normalized spacial score (nSPS) is 13.7. The fraction of sp³-hybridized carbons (Fsp3) is 0.385. The number of halogens is 2. The zero-order valence-corrected chi connectivity index (χ0v) is 12.4. The largest absolute Gasteiger partial charge is 0.293 e. The van der Waals surface area contributed by atoms with E-state index in [1.165, 1.54) is 0 Å². The Balaban J connectivity index is 3.06. The standard InChI is InChI=1S/C13H13Cl2NOS/c1-3-8(2)13(18-7-16)12(17)10-5-4-9(14)6-11(10)15/h4-6,8,13H,3H2,1-2H3. The summed E-state index contributed by atoms with van der Waals surface area (Å²) in [6, 6.07) is 4.78. The first-order valence-corrected chi connectivity index (χ1v) is 7.18. The number of ketones is 1. The Kier molecular flexibility index (Phi) is 6.01. The van der Waals surface area contributed by atoms with Crippen LogP contribution in [-0.4, -0.2) is 11.0 Å². The maximum Gasteiger partial charge on any atom is 0.178 e. The Morgan fingerprint density at radius 1 is 1.50 bits per heavy atom. The lowest BCUT2D eigenvalue weighted by Crippen LogP contribution is -2.24. The highest BCUT2D eigenvalue weighted by Gasteiger charge is 2.27. The molecule has 1 aromatic carbocycles. The van der Waals surface area contributed by atoms with E-state index < -0.39 is 5.25 Å².